The Morgan fingerprint density at radius 1 is 1.64 bits per heavy atom. The number of rotatable bonds is 6. The van der Waals surface area contributed by atoms with Crippen LogP contribution in [0.15, 0.2) is 5.38 Å². The second-order valence-corrected chi connectivity index (χ2v) is 4.21. The van der Waals surface area contributed by atoms with Crippen molar-refractivity contribution in [1.82, 2.24) is 10.3 Å². The Balaban J connectivity index is 2.24. The highest BCUT2D eigenvalue weighted by Gasteiger charge is 2.01. The number of nitrogens with zero attached hydrogens (tertiary/aromatic N) is 1. The highest BCUT2D eigenvalue weighted by atomic mass is 32.1. The zero-order chi connectivity index (χ0) is 10.4. The molecule has 1 aromatic heterocycles. The van der Waals surface area contributed by atoms with Crippen LogP contribution in [0.25, 0.3) is 0 Å². The van der Waals surface area contributed by atoms with E-state index in [0.29, 0.717) is 0 Å². The minimum atomic E-state index is 0.263. The third-order valence-electron chi connectivity index (χ3n) is 2.04. The van der Waals surface area contributed by atoms with E-state index in [4.69, 9.17) is 4.74 Å². The number of methoxy groups -OCH3 is 1. The van der Waals surface area contributed by atoms with Gasteiger partial charge in [0.25, 0.3) is 0 Å². The van der Waals surface area contributed by atoms with Crippen molar-refractivity contribution in [3.05, 3.63) is 16.1 Å². The number of thiazole rings is 1. The Morgan fingerprint density at radius 3 is 3.00 bits per heavy atom. The van der Waals surface area contributed by atoms with Crippen LogP contribution in [0, 0.1) is 0 Å². The minimum absolute atomic E-state index is 0.263. The molecule has 1 unspecified atom stereocenters. The molecule has 0 saturated carbocycles. The summed E-state index contributed by atoms with van der Waals surface area (Å²) in [6.45, 7) is 5.88. The standard InChI is InChI=1S/C10H18N2OS/c1-4-10-12-9(7-14-10)6-11-5-8(2)13-3/h7-8,11H,4-6H2,1-3H3. The summed E-state index contributed by atoms with van der Waals surface area (Å²) in [4.78, 5) is 4.47. The summed E-state index contributed by atoms with van der Waals surface area (Å²) in [6.07, 6.45) is 1.29. The van der Waals surface area contributed by atoms with Crippen LogP contribution in [0.3, 0.4) is 0 Å². The van der Waals surface area contributed by atoms with Crippen LogP contribution < -0.4 is 5.32 Å². The van der Waals surface area contributed by atoms with Crippen molar-refractivity contribution in [2.24, 2.45) is 0 Å². The molecule has 0 fully saturated rings. The lowest BCUT2D eigenvalue weighted by atomic mass is 10.4. The van der Waals surface area contributed by atoms with Gasteiger partial charge in [-0.15, -0.1) is 11.3 Å². The van der Waals surface area contributed by atoms with E-state index in [1.807, 2.05) is 6.92 Å². The van der Waals surface area contributed by atoms with Gasteiger partial charge in [-0.3, -0.25) is 0 Å². The van der Waals surface area contributed by atoms with Gasteiger partial charge in [0.05, 0.1) is 16.8 Å². The Bertz CT molecular complexity index is 262. The molecule has 0 amide bonds. The van der Waals surface area contributed by atoms with Crippen molar-refractivity contribution in [2.45, 2.75) is 32.9 Å². The van der Waals surface area contributed by atoms with Gasteiger partial charge in [0.1, 0.15) is 0 Å². The zero-order valence-corrected chi connectivity index (χ0v) is 9.86. The number of aromatic nitrogens is 1. The van der Waals surface area contributed by atoms with Crippen molar-refractivity contribution in [2.75, 3.05) is 13.7 Å². The van der Waals surface area contributed by atoms with E-state index in [0.717, 1.165) is 25.2 Å². The summed E-state index contributed by atoms with van der Waals surface area (Å²) in [5, 5.41) is 6.63. The maximum absolute atomic E-state index is 5.13. The predicted octanol–water partition coefficient (Wildman–Crippen LogP) is 1.83. The highest BCUT2D eigenvalue weighted by molar-refractivity contribution is 7.09. The number of hydrogen-bond donors (Lipinski definition) is 1. The summed E-state index contributed by atoms with van der Waals surface area (Å²) in [6, 6.07) is 0. The molecular weight excluding hydrogens is 196 g/mol. The van der Waals surface area contributed by atoms with E-state index in [2.05, 4.69) is 22.6 Å². The van der Waals surface area contributed by atoms with Gasteiger partial charge in [0, 0.05) is 25.6 Å². The normalized spacial score (nSPS) is 13.1. The van der Waals surface area contributed by atoms with E-state index in [9.17, 15) is 0 Å². The Kier molecular flexibility index (Phi) is 5.07. The van der Waals surface area contributed by atoms with Gasteiger partial charge in [-0.25, -0.2) is 4.98 Å². The smallest absolute Gasteiger partial charge is 0.0926 e. The van der Waals surface area contributed by atoms with E-state index in [-0.39, 0.29) is 6.10 Å². The van der Waals surface area contributed by atoms with Crippen LogP contribution in [-0.4, -0.2) is 24.7 Å². The quantitative estimate of drug-likeness (QED) is 0.784. The minimum Gasteiger partial charge on any atom is -0.380 e. The summed E-state index contributed by atoms with van der Waals surface area (Å²) >= 11 is 1.73. The van der Waals surface area contributed by atoms with Gasteiger partial charge >= 0.3 is 0 Å². The van der Waals surface area contributed by atoms with Crippen LogP contribution in [-0.2, 0) is 17.7 Å². The first kappa shape index (κ1) is 11.6. The maximum Gasteiger partial charge on any atom is 0.0926 e. The summed E-state index contributed by atoms with van der Waals surface area (Å²) in [5.74, 6) is 0. The first-order chi connectivity index (χ1) is 6.76. The van der Waals surface area contributed by atoms with Crippen LogP contribution in [0.5, 0.6) is 0 Å². The molecule has 0 bridgehead atoms. The van der Waals surface area contributed by atoms with E-state index in [1.54, 1.807) is 18.4 Å². The molecule has 1 aromatic rings. The van der Waals surface area contributed by atoms with Gasteiger partial charge in [-0.05, 0) is 13.3 Å². The molecule has 1 heterocycles. The lowest BCUT2D eigenvalue weighted by Gasteiger charge is -2.09. The molecule has 1 atom stereocenters. The average Bonchev–Trinajstić information content (AvgIpc) is 2.65. The molecule has 1 rings (SSSR count). The molecule has 0 radical (unpaired) electrons. The number of hydrogen-bond acceptors (Lipinski definition) is 4. The zero-order valence-electron chi connectivity index (χ0n) is 9.04. The van der Waals surface area contributed by atoms with Gasteiger partial charge in [0.2, 0.25) is 0 Å². The highest BCUT2D eigenvalue weighted by Crippen LogP contribution is 2.09. The Labute approximate surface area is 89.5 Å². The fraction of sp³-hybridized carbons (Fsp3) is 0.700. The maximum atomic E-state index is 5.13. The molecule has 1 N–H and O–H groups in total. The first-order valence-electron chi connectivity index (χ1n) is 4.93. The second-order valence-electron chi connectivity index (χ2n) is 3.26. The van der Waals surface area contributed by atoms with Crippen LogP contribution in [0.4, 0.5) is 0 Å². The molecule has 0 spiro atoms. The second kappa shape index (κ2) is 6.11. The molecule has 3 nitrogen and oxygen atoms in total. The van der Waals surface area contributed by atoms with E-state index in [1.165, 1.54) is 5.01 Å². The van der Waals surface area contributed by atoms with Crippen LogP contribution in [0.1, 0.15) is 24.5 Å². The lowest BCUT2D eigenvalue weighted by Crippen LogP contribution is -2.25. The first-order valence-corrected chi connectivity index (χ1v) is 5.81. The predicted molar refractivity (Wildman–Crippen MR) is 59.7 cm³/mol. The molecule has 0 aliphatic carbocycles. The number of aryl methyl sites for hydroxylation is 1. The fourth-order valence-corrected chi connectivity index (χ4v) is 1.82. The summed E-state index contributed by atoms with van der Waals surface area (Å²) in [5.41, 5.74) is 1.13. The Morgan fingerprint density at radius 2 is 2.43 bits per heavy atom. The van der Waals surface area contributed by atoms with Crippen molar-refractivity contribution < 1.29 is 4.74 Å². The topological polar surface area (TPSA) is 34.2 Å². The number of nitrogens with one attached hydrogen (secondary N) is 1. The molecule has 0 aromatic carbocycles. The van der Waals surface area contributed by atoms with Crippen molar-refractivity contribution >= 4 is 11.3 Å². The fourth-order valence-electron chi connectivity index (χ4n) is 1.08. The molecule has 0 aliphatic heterocycles. The van der Waals surface area contributed by atoms with Crippen LogP contribution in [0.2, 0.25) is 0 Å². The van der Waals surface area contributed by atoms with E-state index >= 15 is 0 Å². The van der Waals surface area contributed by atoms with Crippen molar-refractivity contribution in [3.63, 3.8) is 0 Å². The van der Waals surface area contributed by atoms with Crippen molar-refractivity contribution in [3.8, 4) is 0 Å². The monoisotopic (exact) mass is 214 g/mol. The lowest BCUT2D eigenvalue weighted by molar-refractivity contribution is 0.117. The third kappa shape index (κ3) is 3.74. The largest absolute Gasteiger partial charge is 0.380 e. The summed E-state index contributed by atoms with van der Waals surface area (Å²) in [7, 11) is 1.73. The third-order valence-corrected chi connectivity index (χ3v) is 3.08. The average molecular weight is 214 g/mol. The van der Waals surface area contributed by atoms with Gasteiger partial charge in [-0.1, -0.05) is 6.92 Å². The van der Waals surface area contributed by atoms with E-state index < -0.39 is 0 Å². The molecular formula is C10H18N2OS. The molecule has 4 heteroatoms. The molecule has 80 valence electrons. The number of ether oxygens (including phenoxy) is 1. The van der Waals surface area contributed by atoms with Crippen LogP contribution >= 0.6 is 11.3 Å². The van der Waals surface area contributed by atoms with Gasteiger partial charge < -0.3 is 10.1 Å². The van der Waals surface area contributed by atoms with Gasteiger partial charge in [0.15, 0.2) is 0 Å². The molecule has 0 aliphatic rings. The summed E-state index contributed by atoms with van der Waals surface area (Å²) < 4.78 is 5.13. The van der Waals surface area contributed by atoms with Crippen molar-refractivity contribution in [1.29, 1.82) is 0 Å². The molecule has 0 saturated heterocycles. The Hall–Kier alpha value is -0.450. The van der Waals surface area contributed by atoms with Gasteiger partial charge in [-0.2, -0.15) is 0 Å². The SMILES string of the molecule is CCc1nc(CNCC(C)OC)cs1. The molecule has 14 heavy (non-hydrogen) atoms.